The average Bonchev–Trinajstić information content (AvgIpc) is 1.63. The van der Waals surface area contributed by atoms with Gasteiger partial charge in [-0.2, -0.15) is 0 Å². The number of H-pyrrole nitrogens is 1. The lowest BCUT2D eigenvalue weighted by Gasteiger charge is -2.39. The summed E-state index contributed by atoms with van der Waals surface area (Å²) in [4.78, 5) is 152. The molecule has 0 spiro atoms. The van der Waals surface area contributed by atoms with Gasteiger partial charge in [-0.15, -0.1) is 81.5 Å². The molecule has 0 bridgehead atoms. The molecule has 6 unspecified atom stereocenters. The number of Topliss-reactive ketones (excluding diaryl/α,β-unsaturated/α-hetero) is 1. The summed E-state index contributed by atoms with van der Waals surface area (Å²) in [5, 5.41) is 5.54. The zero-order valence-corrected chi connectivity index (χ0v) is 86.1. The minimum atomic E-state index is -3.22. The number of hydrogen-bond donors (Lipinski definition) is 4. The summed E-state index contributed by atoms with van der Waals surface area (Å²) >= 11 is 34.1. The van der Waals surface area contributed by atoms with Crippen molar-refractivity contribution in [3.8, 4) is 0 Å². The van der Waals surface area contributed by atoms with Crippen LogP contribution in [0.15, 0.2) is 30.1 Å². The second-order valence-electron chi connectivity index (χ2n) is 33.6. The third-order valence-electron chi connectivity index (χ3n) is 25.6. The van der Waals surface area contributed by atoms with E-state index < -0.39 is 11.2 Å². The third-order valence-corrected chi connectivity index (χ3v) is 32.1. The third kappa shape index (κ3) is 28.8. The van der Waals surface area contributed by atoms with Gasteiger partial charge in [0.25, 0.3) is 5.56 Å². The molecule has 3 saturated carbocycles. The van der Waals surface area contributed by atoms with E-state index in [2.05, 4.69) is 93.4 Å². The van der Waals surface area contributed by atoms with Crippen LogP contribution in [0.2, 0.25) is 10.3 Å². The number of ketones is 1. The maximum absolute atomic E-state index is 12.1. The number of aryl methyl sites for hydroxylation is 5. The fourth-order valence-electron chi connectivity index (χ4n) is 18.9. The molecule has 19 rings (SSSR count). The van der Waals surface area contributed by atoms with E-state index in [9.17, 15) is 47.7 Å². The molecule has 6 atom stereocenters. The highest BCUT2D eigenvalue weighted by Gasteiger charge is 2.38. The van der Waals surface area contributed by atoms with Gasteiger partial charge in [-0.1, -0.05) is 23.2 Å². The molecule has 11 heterocycles. The number of aromatic amines is 1. The second-order valence-corrected chi connectivity index (χ2v) is 46.4. The summed E-state index contributed by atoms with van der Waals surface area (Å²) < 4.78 is 54.2. The fraction of sp³-hybridized carbons (Fsp3) is 0.596. The molecule has 134 heavy (non-hydrogen) atoms. The number of ether oxygens (including phenoxy) is 9. The van der Waals surface area contributed by atoms with Crippen molar-refractivity contribution in [2.45, 2.75) is 204 Å². The van der Waals surface area contributed by atoms with Gasteiger partial charge in [-0.3, -0.25) is 52.7 Å². The summed E-state index contributed by atoms with van der Waals surface area (Å²) in [5.41, 5.74) is 17.5. The first-order valence-electron chi connectivity index (χ1n) is 44.5. The first-order valence-corrected chi connectivity index (χ1v) is 53.7. The van der Waals surface area contributed by atoms with Gasteiger partial charge in [-0.05, 0) is 229 Å². The molecule has 45 heteroatoms. The smallest absolute Gasteiger partial charge is 0.341 e. The average molecular weight is 2110 g/mol. The lowest BCUT2D eigenvalue weighted by atomic mass is 9.86. The zero-order chi connectivity index (χ0) is 94.5. The summed E-state index contributed by atoms with van der Waals surface area (Å²) in [5.74, 6) is -1.03. The van der Waals surface area contributed by atoms with E-state index in [4.69, 9.17) is 72.6 Å². The molecule has 2 aliphatic heterocycles. The number of hydrogen-bond acceptors (Lipinski definition) is 36. The van der Waals surface area contributed by atoms with Gasteiger partial charge in [0.15, 0.2) is 0 Å². The fourth-order valence-corrected chi connectivity index (χ4v) is 25.3. The van der Waals surface area contributed by atoms with E-state index in [1.54, 1.807) is 58.6 Å². The van der Waals surface area contributed by atoms with Gasteiger partial charge in [0.05, 0.1) is 145 Å². The van der Waals surface area contributed by atoms with Crippen molar-refractivity contribution < 1.29 is 85.6 Å². The van der Waals surface area contributed by atoms with Crippen molar-refractivity contribution in [1.82, 2.24) is 49.7 Å². The van der Waals surface area contributed by atoms with Crippen LogP contribution in [0, 0.1) is 35.5 Å². The second kappa shape index (κ2) is 52.5. The molecule has 0 aromatic carbocycles. The highest BCUT2D eigenvalue weighted by atomic mass is 36.0. The van der Waals surface area contributed by atoms with Gasteiger partial charge in [0.1, 0.15) is 65.2 Å². The van der Waals surface area contributed by atoms with Crippen LogP contribution in [0.4, 0.5) is 10.8 Å². The molecule has 9 aromatic heterocycles. The van der Waals surface area contributed by atoms with E-state index >= 15 is 0 Å². The van der Waals surface area contributed by atoms with Crippen molar-refractivity contribution in [2.24, 2.45) is 41.2 Å². The minimum Gasteiger partial charge on any atom is -0.469 e. The Morgan fingerprint density at radius 1 is 0.463 bits per heavy atom. The molecule has 9 aromatic rings. The number of nitrogens with zero attached hydrogens (tertiary/aromatic N) is 9. The lowest BCUT2D eigenvalue weighted by molar-refractivity contribution is -0.148. The normalized spacial score (nSPS) is 22.3. The predicted octanol–water partition coefficient (Wildman–Crippen LogP) is 16.5. The number of morpholine rings is 2. The van der Waals surface area contributed by atoms with E-state index in [0.29, 0.717) is 89.5 Å². The van der Waals surface area contributed by atoms with Crippen LogP contribution >= 0.6 is 144 Å². The van der Waals surface area contributed by atoms with E-state index in [-0.39, 0.29) is 107 Å². The monoisotopic (exact) mass is 2110 g/mol. The van der Waals surface area contributed by atoms with Gasteiger partial charge in [0.2, 0.25) is 0 Å². The van der Waals surface area contributed by atoms with Gasteiger partial charge in [0, 0.05) is 87.6 Å². The van der Waals surface area contributed by atoms with Crippen molar-refractivity contribution in [2.75, 3.05) is 113 Å². The number of nitrogens with two attached hydrogens (primary N) is 2. The summed E-state index contributed by atoms with van der Waals surface area (Å²) in [6.45, 7) is 10.0. The number of nitrogen functional groups attached to an aromatic ring is 1. The van der Waals surface area contributed by atoms with Crippen molar-refractivity contribution >= 4 is 243 Å². The van der Waals surface area contributed by atoms with E-state index in [0.717, 1.165) is 223 Å². The highest BCUT2D eigenvalue weighted by Crippen LogP contribution is 2.61. The number of nitrogens with one attached hydrogen (secondary N) is 2. The van der Waals surface area contributed by atoms with E-state index in [1.807, 2.05) is 0 Å². The zero-order valence-electron chi connectivity index (χ0n) is 75.7. The number of halogens is 7. The lowest BCUT2D eigenvalue weighted by Crippen LogP contribution is -2.46. The molecule has 8 aliphatic carbocycles. The molecule has 6 N–H and O–H groups in total. The number of anilines is 2. The molecule has 0 radical (unpaired) electrons. The van der Waals surface area contributed by atoms with Gasteiger partial charge < -0.3 is 64.4 Å². The molecule has 2 saturated heterocycles. The number of thiophene rings is 5. The number of carbonyl (C=O) groups excluding carboxylic acids is 8. The van der Waals surface area contributed by atoms with Gasteiger partial charge >= 0.3 is 47.0 Å². The van der Waals surface area contributed by atoms with Crippen molar-refractivity contribution in [1.29, 1.82) is 0 Å². The molecule has 32 nitrogen and oxygen atoms in total. The summed E-state index contributed by atoms with van der Waals surface area (Å²) in [6, 6.07) is 2.39. The van der Waals surface area contributed by atoms with Gasteiger partial charge in [-0.25, -0.2) is 39.7 Å². The molecule has 5 fully saturated rings. The van der Waals surface area contributed by atoms with Crippen LogP contribution in [-0.4, -0.2) is 223 Å². The number of carbonyl (C=O) groups is 8. The summed E-state index contributed by atoms with van der Waals surface area (Å²) in [7, 11) is 8.48. The number of aromatic nitrogens is 8. The predicted molar refractivity (Wildman–Crippen MR) is 528 cm³/mol. The summed E-state index contributed by atoms with van der Waals surface area (Å²) in [6.07, 6.45) is 29.9. The quantitative estimate of drug-likeness (QED) is 0.0382. The number of fused-ring (bicyclic) bond motifs is 13. The molecule has 734 valence electrons. The number of esters is 7. The van der Waals surface area contributed by atoms with Crippen molar-refractivity contribution in [3.63, 3.8) is 0 Å². The van der Waals surface area contributed by atoms with Crippen molar-refractivity contribution in [3.05, 3.63) is 104 Å². The maximum Gasteiger partial charge on any atom is 0.341 e. The maximum atomic E-state index is 12.1. The van der Waals surface area contributed by atoms with Crippen LogP contribution in [0.1, 0.15) is 179 Å². The largest absolute Gasteiger partial charge is 0.469 e. The van der Waals surface area contributed by atoms with Crippen LogP contribution < -0.4 is 22.3 Å². The van der Waals surface area contributed by atoms with Crippen LogP contribution in [0.3, 0.4) is 0 Å². The Morgan fingerprint density at radius 2 is 0.806 bits per heavy atom. The van der Waals surface area contributed by atoms with Crippen LogP contribution in [0.25, 0.3) is 40.9 Å². The Labute approximate surface area is 833 Å². The van der Waals surface area contributed by atoms with Crippen LogP contribution in [0.5, 0.6) is 0 Å². The standard InChI is InChI=1S/C22H30N4O3S.C13H17NO4S.2C12H11ClN2O2S.C12H12N2O3S.C10H20N2O.C8H12O3.Cl3OP.2ClH/c1-28-22(27)14-2-7-18-17(12-14)19-20(23-13-24-21(19)30-18)25-15-3-5-16(6-4-15)26-8-10-29-11-9-26;1-3-18-13(16)10-8-6-7(12(15)17-2)4-5-9(8)19-11(10)14;2*1-17-12(16)6-2-3-8-7(4-6)9-10(13)14-5-15-11(9)18-8;1-17-12(16)6-2-3-8-7(4-6)9-10(15)13-5-14-11(9)18-8;11-9-1-3-10(4-2-9)12-5-7-13-8-6-12;1-11-8(10)6-3-2-4-7(9)5-6;1-5(2,3)4;;/h13-16H,2-12H2,1H3,(H,23,24,25);7H,3-6,14H2,1-2H3;2*5-6H,2-4H2,1H3;5-6H,2-4H2,1H3,(H,13,14,15);9-10H,1-8,11H2;6H,2-5H2,1H3;;2*1H. The molecular formula is C89H115Cl7N13O19PS5. The minimum absolute atomic E-state index is 0. The number of methoxy groups -OCH3 is 6. The Hall–Kier alpha value is -6.72. The first kappa shape index (κ1) is 109. The molecule has 0 amide bonds. The van der Waals surface area contributed by atoms with E-state index in [1.165, 1.54) is 137 Å². The Balaban J connectivity index is 0.000000163. The Morgan fingerprint density at radius 3 is 1.19 bits per heavy atom. The SMILES string of the molecule is CCOC(=O)c1c(N)sc2c1CC(C(=O)OC)CC2.COC(=O)C1CCCC(=O)C1.COC(=O)C1CCc2sc3nc[nH]c(=O)c3c2C1.COC(=O)C1CCc2sc3ncnc(Cl)c3c2C1.COC(=O)C1CCc2sc3ncnc(Cl)c3c2C1.COC(=O)C1CCc2sc3ncnc(NC4CCC(N5CCOCC5)CC4)c3c2C1.Cl.Cl.NC1CCC(N2CCOCC2)CC1.O=P(Cl)(Cl)Cl. The highest BCUT2D eigenvalue weighted by molar-refractivity contribution is 8.24. The van der Waals surface area contributed by atoms with Crippen LogP contribution in [-0.2, 0) is 145 Å². The Kier molecular flexibility index (Phi) is 42.8. The number of rotatable bonds is 12. The topological polar surface area (TPSA) is 430 Å². The molecule has 10 aliphatic rings. The molecular weight excluding hydrogens is 1990 g/mol. The first-order chi connectivity index (χ1) is 63.5. The Bertz CT molecular complexity index is 5520.